The van der Waals surface area contributed by atoms with E-state index >= 15 is 0 Å². The molecule has 1 atom stereocenters. The third-order valence-corrected chi connectivity index (χ3v) is 7.51. The zero-order chi connectivity index (χ0) is 23.1. The van der Waals surface area contributed by atoms with Crippen molar-refractivity contribution in [1.29, 1.82) is 5.26 Å². The van der Waals surface area contributed by atoms with E-state index in [4.69, 9.17) is 10.00 Å². The lowest BCUT2D eigenvalue weighted by molar-refractivity contribution is -0.0936. The maximum atomic E-state index is 12.1. The Labute approximate surface area is 196 Å². The average molecular weight is 450 g/mol. The van der Waals surface area contributed by atoms with Crippen molar-refractivity contribution >= 4 is 0 Å². The largest absolute Gasteiger partial charge is 0.494 e. The van der Waals surface area contributed by atoms with E-state index in [-0.39, 0.29) is 18.4 Å². The van der Waals surface area contributed by atoms with Crippen molar-refractivity contribution in [1.82, 2.24) is 9.88 Å². The van der Waals surface area contributed by atoms with E-state index in [0.717, 1.165) is 63.1 Å². The molecule has 1 saturated carbocycles. The van der Waals surface area contributed by atoms with Gasteiger partial charge >= 0.3 is 0 Å². The van der Waals surface area contributed by atoms with Crippen LogP contribution < -0.4 is 4.74 Å². The monoisotopic (exact) mass is 449 g/mol. The fourth-order valence-electron chi connectivity index (χ4n) is 5.63. The average Bonchev–Trinajstić information content (AvgIpc) is 3.43. The number of pyridine rings is 1. The van der Waals surface area contributed by atoms with E-state index in [2.05, 4.69) is 16.0 Å². The van der Waals surface area contributed by atoms with Crippen molar-refractivity contribution < 1.29 is 14.9 Å². The molecule has 0 amide bonds. The Morgan fingerprint density at radius 3 is 2.33 bits per heavy atom. The van der Waals surface area contributed by atoms with Gasteiger partial charge in [0.25, 0.3) is 0 Å². The quantitative estimate of drug-likeness (QED) is 0.563. The minimum Gasteiger partial charge on any atom is -0.494 e. The van der Waals surface area contributed by atoms with Gasteiger partial charge in [0.1, 0.15) is 5.75 Å². The van der Waals surface area contributed by atoms with E-state index in [0.29, 0.717) is 17.9 Å². The van der Waals surface area contributed by atoms with Crippen LogP contribution in [0.5, 0.6) is 5.75 Å². The number of hydrogen-bond acceptors (Lipinski definition) is 6. The van der Waals surface area contributed by atoms with Crippen LogP contribution in [0.2, 0.25) is 0 Å². The zero-order valence-corrected chi connectivity index (χ0v) is 19.3. The highest BCUT2D eigenvalue weighted by molar-refractivity contribution is 5.34. The van der Waals surface area contributed by atoms with Crippen molar-refractivity contribution in [3.05, 3.63) is 59.4 Å². The van der Waals surface area contributed by atoms with Gasteiger partial charge in [0, 0.05) is 18.3 Å². The van der Waals surface area contributed by atoms with Crippen LogP contribution in [0.15, 0.2) is 42.6 Å². The molecule has 2 aromatic rings. The molecule has 2 aliphatic rings. The minimum atomic E-state index is -0.831. The predicted octanol–water partition coefficient (Wildman–Crippen LogP) is 4.00. The Balaban J connectivity index is 1.30. The number of benzene rings is 1. The lowest BCUT2D eigenvalue weighted by atomic mass is 9.68. The molecular formula is C27H35N3O3. The van der Waals surface area contributed by atoms with Crippen LogP contribution in [0.25, 0.3) is 0 Å². The number of likely N-dealkylation sites (tertiary alicyclic amines) is 1. The molecule has 4 rings (SSSR count). The van der Waals surface area contributed by atoms with Gasteiger partial charge in [-0.05, 0) is 87.4 Å². The normalized spacial score (nSPS) is 19.8. The van der Waals surface area contributed by atoms with Crippen LogP contribution in [-0.2, 0) is 12.2 Å². The van der Waals surface area contributed by atoms with Crippen LogP contribution in [-0.4, -0.2) is 46.3 Å². The molecule has 6 nitrogen and oxygen atoms in total. The van der Waals surface area contributed by atoms with Gasteiger partial charge in [0.2, 0.25) is 0 Å². The second kappa shape index (κ2) is 11.1. The summed E-state index contributed by atoms with van der Waals surface area (Å²) in [6.45, 7) is 3.53. The lowest BCUT2D eigenvalue weighted by Crippen LogP contribution is -2.47. The van der Waals surface area contributed by atoms with Crippen molar-refractivity contribution in [3.63, 3.8) is 0 Å². The van der Waals surface area contributed by atoms with E-state index in [1.54, 1.807) is 18.3 Å². The zero-order valence-electron chi connectivity index (χ0n) is 19.3. The van der Waals surface area contributed by atoms with Gasteiger partial charge in [0.15, 0.2) is 0 Å². The van der Waals surface area contributed by atoms with Crippen LogP contribution in [0.3, 0.4) is 0 Å². The molecule has 1 aliphatic carbocycles. The van der Waals surface area contributed by atoms with Gasteiger partial charge in [-0.2, -0.15) is 5.26 Å². The molecule has 1 aromatic carbocycles. The second-order valence-electron chi connectivity index (χ2n) is 9.46. The molecular weight excluding hydrogens is 414 g/mol. The Hall–Kier alpha value is -2.46. The van der Waals surface area contributed by atoms with Crippen LogP contribution in [0, 0.1) is 23.2 Å². The van der Waals surface area contributed by atoms with Crippen molar-refractivity contribution in [2.75, 3.05) is 26.2 Å². The SMILES string of the molecule is N#Cc1ccc(OCCCN2CCC(C(O)(c3ccc(CO)nc3)C3CCCC3)CC2)cc1. The number of hydrogen-bond donors (Lipinski definition) is 2. The molecule has 2 N–H and O–H groups in total. The first kappa shape index (κ1) is 23.7. The number of nitrogens with zero attached hydrogens (tertiary/aromatic N) is 3. The van der Waals surface area contributed by atoms with Crippen LogP contribution in [0.4, 0.5) is 0 Å². The van der Waals surface area contributed by atoms with Crippen molar-refractivity contribution in [2.45, 2.75) is 57.2 Å². The van der Waals surface area contributed by atoms with Crippen molar-refractivity contribution in [3.8, 4) is 11.8 Å². The molecule has 1 saturated heterocycles. The predicted molar refractivity (Wildman–Crippen MR) is 126 cm³/mol. The fraction of sp³-hybridized carbons (Fsp3) is 0.556. The number of ether oxygens (including phenoxy) is 1. The molecule has 0 bridgehead atoms. The molecule has 1 aromatic heterocycles. The number of aromatic nitrogens is 1. The van der Waals surface area contributed by atoms with Crippen LogP contribution >= 0.6 is 0 Å². The number of aliphatic hydroxyl groups excluding tert-OH is 1. The molecule has 176 valence electrons. The highest BCUT2D eigenvalue weighted by Crippen LogP contribution is 2.48. The maximum absolute atomic E-state index is 12.1. The fourth-order valence-corrected chi connectivity index (χ4v) is 5.63. The summed E-state index contributed by atoms with van der Waals surface area (Å²) in [7, 11) is 0. The molecule has 33 heavy (non-hydrogen) atoms. The number of piperidine rings is 1. The summed E-state index contributed by atoms with van der Waals surface area (Å²) < 4.78 is 5.82. The number of nitriles is 1. The summed E-state index contributed by atoms with van der Waals surface area (Å²) in [5.74, 6) is 1.32. The Kier molecular flexibility index (Phi) is 7.97. The van der Waals surface area contributed by atoms with Gasteiger partial charge in [-0.15, -0.1) is 0 Å². The van der Waals surface area contributed by atoms with Gasteiger partial charge in [-0.1, -0.05) is 18.9 Å². The van der Waals surface area contributed by atoms with Crippen LogP contribution in [0.1, 0.15) is 61.8 Å². The minimum absolute atomic E-state index is 0.0740. The molecule has 0 spiro atoms. The smallest absolute Gasteiger partial charge is 0.119 e. The maximum Gasteiger partial charge on any atom is 0.119 e. The molecule has 1 unspecified atom stereocenters. The Morgan fingerprint density at radius 2 is 1.73 bits per heavy atom. The lowest BCUT2D eigenvalue weighted by Gasteiger charge is -2.45. The number of aliphatic hydroxyl groups is 2. The standard InChI is InChI=1S/C27H35N3O3/c28-18-21-6-10-26(11-7-21)33-17-3-14-30-15-12-23(13-16-30)27(32,22-4-1-2-5-22)24-8-9-25(20-31)29-19-24/h6-11,19,22-23,31-32H,1-5,12-17,20H2. The summed E-state index contributed by atoms with van der Waals surface area (Å²) in [5.41, 5.74) is 1.37. The summed E-state index contributed by atoms with van der Waals surface area (Å²) >= 11 is 0. The van der Waals surface area contributed by atoms with Gasteiger partial charge < -0.3 is 19.8 Å². The highest BCUT2D eigenvalue weighted by atomic mass is 16.5. The highest BCUT2D eigenvalue weighted by Gasteiger charge is 2.46. The van der Waals surface area contributed by atoms with E-state index < -0.39 is 5.60 Å². The Morgan fingerprint density at radius 1 is 1.03 bits per heavy atom. The first-order valence-electron chi connectivity index (χ1n) is 12.3. The third kappa shape index (κ3) is 5.55. The molecule has 2 fully saturated rings. The first-order valence-corrected chi connectivity index (χ1v) is 12.3. The van der Waals surface area contributed by atoms with Gasteiger partial charge in [0.05, 0.1) is 36.1 Å². The molecule has 6 heteroatoms. The first-order chi connectivity index (χ1) is 16.1. The van der Waals surface area contributed by atoms with Crippen molar-refractivity contribution in [2.24, 2.45) is 11.8 Å². The second-order valence-corrected chi connectivity index (χ2v) is 9.46. The van der Waals surface area contributed by atoms with Gasteiger partial charge in [-0.3, -0.25) is 4.98 Å². The Bertz CT molecular complexity index is 911. The number of rotatable bonds is 9. The summed E-state index contributed by atoms with van der Waals surface area (Å²) in [6, 6.07) is 13.2. The summed E-state index contributed by atoms with van der Waals surface area (Å²) in [4.78, 5) is 6.85. The van der Waals surface area contributed by atoms with E-state index in [1.165, 1.54) is 12.8 Å². The van der Waals surface area contributed by atoms with Gasteiger partial charge in [-0.25, -0.2) is 0 Å². The van der Waals surface area contributed by atoms with E-state index in [9.17, 15) is 10.2 Å². The van der Waals surface area contributed by atoms with E-state index in [1.807, 2.05) is 24.3 Å². The third-order valence-electron chi connectivity index (χ3n) is 7.51. The molecule has 0 radical (unpaired) electrons. The summed E-state index contributed by atoms with van der Waals surface area (Å²) in [6.07, 6.45) is 9.22. The summed E-state index contributed by atoms with van der Waals surface area (Å²) in [5, 5.41) is 30.3. The molecule has 1 aliphatic heterocycles. The topological polar surface area (TPSA) is 89.6 Å². The molecule has 2 heterocycles.